The van der Waals surface area contributed by atoms with Crippen molar-refractivity contribution < 1.29 is 14.4 Å². The van der Waals surface area contributed by atoms with Gasteiger partial charge >= 0.3 is 0 Å². The molecule has 0 aliphatic carbocycles. The van der Waals surface area contributed by atoms with E-state index in [1.54, 1.807) is 18.2 Å². The Morgan fingerprint density at radius 3 is 2.29 bits per heavy atom. The van der Waals surface area contributed by atoms with Gasteiger partial charge in [0.15, 0.2) is 11.5 Å². The van der Waals surface area contributed by atoms with Crippen LogP contribution in [0.25, 0.3) is 0 Å². The molecular weight excluding hydrogens is 358 g/mol. The molecule has 1 aromatic carbocycles. The van der Waals surface area contributed by atoms with Crippen LogP contribution in [0, 0.1) is 10.1 Å². The number of nitro groups is 1. The minimum atomic E-state index is -0.902. The van der Waals surface area contributed by atoms with E-state index in [1.165, 1.54) is 14.2 Å². The Kier molecular flexibility index (Phi) is 5.20. The molecule has 7 heteroatoms. The number of rotatable bonds is 5. The predicted octanol–water partition coefficient (Wildman–Crippen LogP) is 3.14. The predicted molar refractivity (Wildman–Crippen MR) is 70.9 cm³/mol. The second-order valence-electron chi connectivity index (χ2n) is 3.17. The molecule has 0 heterocycles. The van der Waals surface area contributed by atoms with E-state index in [4.69, 9.17) is 9.47 Å². The maximum absolute atomic E-state index is 10.7. The van der Waals surface area contributed by atoms with Crippen LogP contribution in [-0.2, 0) is 0 Å². The van der Waals surface area contributed by atoms with Gasteiger partial charge in [-0.25, -0.2) is 0 Å². The first-order chi connectivity index (χ1) is 8.01. The van der Waals surface area contributed by atoms with Gasteiger partial charge in [-0.2, -0.15) is 0 Å². The molecule has 0 aliphatic rings. The molecule has 2 unspecified atom stereocenters. The molecule has 0 fully saturated rings. The van der Waals surface area contributed by atoms with Crippen LogP contribution in [0.2, 0.25) is 0 Å². The second kappa shape index (κ2) is 6.20. The highest BCUT2D eigenvalue weighted by Gasteiger charge is 2.28. The fraction of sp³-hybridized carbons (Fsp3) is 0.400. The van der Waals surface area contributed by atoms with Crippen molar-refractivity contribution in [1.29, 1.82) is 0 Å². The van der Waals surface area contributed by atoms with Gasteiger partial charge in [0.05, 0.1) is 14.2 Å². The van der Waals surface area contributed by atoms with Gasteiger partial charge < -0.3 is 9.47 Å². The fourth-order valence-electron chi connectivity index (χ4n) is 1.29. The summed E-state index contributed by atoms with van der Waals surface area (Å²) in [5.74, 6) is 1.13. The van der Waals surface area contributed by atoms with E-state index >= 15 is 0 Å². The van der Waals surface area contributed by atoms with Gasteiger partial charge in [-0.15, -0.1) is 0 Å². The highest BCUT2D eigenvalue weighted by atomic mass is 79.9. The van der Waals surface area contributed by atoms with Crippen LogP contribution in [0.3, 0.4) is 0 Å². The summed E-state index contributed by atoms with van der Waals surface area (Å²) in [6, 6.07) is 5.16. The van der Waals surface area contributed by atoms with Gasteiger partial charge in [-0.05, 0) is 33.6 Å². The minimum absolute atomic E-state index is 0.407. The van der Waals surface area contributed by atoms with Crippen LogP contribution in [-0.4, -0.2) is 24.1 Å². The Hall–Kier alpha value is -0.820. The zero-order valence-corrected chi connectivity index (χ0v) is 12.4. The number of nitrogens with zero attached hydrogens (tertiary/aromatic N) is 1. The van der Waals surface area contributed by atoms with Gasteiger partial charge in [0, 0.05) is 4.92 Å². The summed E-state index contributed by atoms with van der Waals surface area (Å²) >= 11 is 6.29. The van der Waals surface area contributed by atoms with Crippen LogP contribution < -0.4 is 9.47 Å². The lowest BCUT2D eigenvalue weighted by atomic mass is 10.1. The third-order valence-corrected chi connectivity index (χ3v) is 4.77. The van der Waals surface area contributed by atoms with Crippen molar-refractivity contribution in [2.45, 2.75) is 9.78 Å². The van der Waals surface area contributed by atoms with Crippen molar-refractivity contribution in [3.05, 3.63) is 33.9 Å². The van der Waals surface area contributed by atoms with Crippen LogP contribution in [0.4, 0.5) is 0 Å². The molecule has 0 aliphatic heterocycles. The molecule has 0 saturated heterocycles. The summed E-state index contributed by atoms with van der Waals surface area (Å²) in [5.41, 5.74) is 0.737. The van der Waals surface area contributed by atoms with E-state index in [1.807, 2.05) is 0 Å². The van der Waals surface area contributed by atoms with Crippen molar-refractivity contribution >= 4 is 31.9 Å². The zero-order valence-electron chi connectivity index (χ0n) is 9.22. The second-order valence-corrected chi connectivity index (χ2v) is 5.10. The third kappa shape index (κ3) is 3.32. The summed E-state index contributed by atoms with van der Waals surface area (Å²) in [5, 5.41) is 10.7. The molecule has 0 N–H and O–H groups in total. The normalized spacial score (nSPS) is 13.9. The first kappa shape index (κ1) is 14.2. The number of hydrogen-bond donors (Lipinski definition) is 0. The van der Waals surface area contributed by atoms with Crippen LogP contribution in [0.5, 0.6) is 11.5 Å². The molecule has 1 rings (SSSR count). The SMILES string of the molecule is COc1ccc(C(Br)C(Br)[N+](=O)[O-])cc1OC. The quantitative estimate of drug-likeness (QED) is 0.346. The molecule has 5 nitrogen and oxygen atoms in total. The van der Waals surface area contributed by atoms with Gasteiger partial charge in [0.1, 0.15) is 4.83 Å². The molecule has 0 saturated carbocycles. The molecule has 94 valence electrons. The van der Waals surface area contributed by atoms with Crippen molar-refractivity contribution in [1.82, 2.24) is 0 Å². The molecule has 0 amide bonds. The lowest BCUT2D eigenvalue weighted by Gasteiger charge is -2.13. The number of halogens is 2. The highest BCUT2D eigenvalue weighted by Crippen LogP contribution is 2.36. The van der Waals surface area contributed by atoms with Crippen molar-refractivity contribution in [2.24, 2.45) is 0 Å². The maximum Gasteiger partial charge on any atom is 0.282 e. The lowest BCUT2D eigenvalue weighted by Crippen LogP contribution is -2.17. The van der Waals surface area contributed by atoms with E-state index in [0.29, 0.717) is 11.5 Å². The van der Waals surface area contributed by atoms with E-state index < -0.39 is 14.7 Å². The fourth-order valence-corrected chi connectivity index (χ4v) is 2.07. The first-order valence-electron chi connectivity index (χ1n) is 4.64. The number of methoxy groups -OCH3 is 2. The Morgan fingerprint density at radius 2 is 1.82 bits per heavy atom. The van der Waals surface area contributed by atoms with E-state index in [2.05, 4.69) is 31.9 Å². The largest absolute Gasteiger partial charge is 0.493 e. The maximum atomic E-state index is 10.7. The Morgan fingerprint density at radius 1 is 1.24 bits per heavy atom. The van der Waals surface area contributed by atoms with E-state index in [-0.39, 0.29) is 0 Å². The van der Waals surface area contributed by atoms with Crippen molar-refractivity contribution in [3.63, 3.8) is 0 Å². The molecule has 0 bridgehead atoms. The smallest absolute Gasteiger partial charge is 0.282 e. The van der Waals surface area contributed by atoms with Crippen LogP contribution in [0.1, 0.15) is 10.4 Å². The highest BCUT2D eigenvalue weighted by molar-refractivity contribution is 9.12. The number of benzene rings is 1. The Labute approximate surface area is 116 Å². The van der Waals surface area contributed by atoms with Gasteiger partial charge in [-0.3, -0.25) is 10.1 Å². The average molecular weight is 369 g/mol. The van der Waals surface area contributed by atoms with Crippen LogP contribution >= 0.6 is 31.9 Å². The van der Waals surface area contributed by atoms with Crippen LogP contribution in [0.15, 0.2) is 18.2 Å². The summed E-state index contributed by atoms with van der Waals surface area (Å²) in [6.45, 7) is 0. The van der Waals surface area contributed by atoms with Gasteiger partial charge in [0.2, 0.25) is 0 Å². The lowest BCUT2D eigenvalue weighted by molar-refractivity contribution is -0.492. The number of hydrogen-bond acceptors (Lipinski definition) is 4. The Bertz CT molecular complexity index is 413. The molecule has 0 radical (unpaired) electrons. The average Bonchev–Trinajstić information content (AvgIpc) is 2.35. The number of ether oxygens (including phenoxy) is 2. The molecule has 0 aromatic heterocycles. The van der Waals surface area contributed by atoms with E-state index in [9.17, 15) is 10.1 Å². The summed E-state index contributed by atoms with van der Waals surface area (Å²) in [6.07, 6.45) is 0. The molecule has 1 aromatic rings. The Balaban J connectivity index is 3.03. The van der Waals surface area contributed by atoms with E-state index in [0.717, 1.165) is 5.56 Å². The first-order valence-corrected chi connectivity index (χ1v) is 6.48. The van der Waals surface area contributed by atoms with Gasteiger partial charge in [-0.1, -0.05) is 22.0 Å². The summed E-state index contributed by atoms with van der Waals surface area (Å²) in [7, 11) is 3.05. The molecule has 17 heavy (non-hydrogen) atoms. The van der Waals surface area contributed by atoms with Gasteiger partial charge in [0.25, 0.3) is 4.95 Å². The summed E-state index contributed by atoms with van der Waals surface area (Å²) in [4.78, 5) is 8.91. The number of alkyl halides is 2. The topological polar surface area (TPSA) is 61.6 Å². The molecule has 0 spiro atoms. The third-order valence-electron chi connectivity index (χ3n) is 2.17. The minimum Gasteiger partial charge on any atom is -0.493 e. The van der Waals surface area contributed by atoms with Crippen molar-refractivity contribution in [3.8, 4) is 11.5 Å². The summed E-state index contributed by atoms with van der Waals surface area (Å²) < 4.78 is 10.2. The van der Waals surface area contributed by atoms with Crippen molar-refractivity contribution in [2.75, 3.05) is 14.2 Å². The molecular formula is C10H11Br2NO4. The monoisotopic (exact) mass is 367 g/mol. The molecule has 2 atom stereocenters. The standard InChI is InChI=1S/C10H11Br2NO4/c1-16-7-4-3-6(5-8(7)17-2)9(11)10(12)13(14)15/h3-5,9-10H,1-2H3. The zero-order chi connectivity index (χ0) is 13.0.